The van der Waals surface area contributed by atoms with E-state index in [2.05, 4.69) is 32.7 Å². The highest BCUT2D eigenvalue weighted by Crippen LogP contribution is 2.40. The first-order chi connectivity index (χ1) is 14.2. The molecule has 30 heavy (non-hydrogen) atoms. The van der Waals surface area contributed by atoms with E-state index in [1.54, 1.807) is 7.11 Å². The van der Waals surface area contributed by atoms with Crippen LogP contribution >= 0.6 is 24.0 Å². The average Bonchev–Trinajstić information content (AvgIpc) is 3.05. The van der Waals surface area contributed by atoms with Crippen LogP contribution in [0.25, 0.3) is 0 Å². The van der Waals surface area contributed by atoms with E-state index in [-0.39, 0.29) is 24.0 Å². The van der Waals surface area contributed by atoms with Gasteiger partial charge in [-0.15, -0.1) is 24.0 Å². The molecular formula is C23H40IN5O. The number of hydrogen-bond acceptors (Lipinski definition) is 4. The summed E-state index contributed by atoms with van der Waals surface area (Å²) in [6.45, 7) is 4.79. The van der Waals surface area contributed by atoms with Crippen molar-refractivity contribution < 1.29 is 4.74 Å². The standard InChI is InChI=1S/C23H39N5O.HI/c1-24-22(27-19-23(13-16-29-2)11-5-6-12-23)26-18-20-9-10-21(25-17-20)28-14-7-3-4-8-15-28;/h9-10,17H,3-8,11-16,18-19H2,1-2H3,(H2,24,26,27);1H. The topological polar surface area (TPSA) is 61.8 Å². The van der Waals surface area contributed by atoms with Gasteiger partial charge in [-0.3, -0.25) is 4.99 Å². The molecule has 2 fully saturated rings. The van der Waals surface area contributed by atoms with E-state index in [9.17, 15) is 0 Å². The third-order valence-corrected chi connectivity index (χ3v) is 6.55. The van der Waals surface area contributed by atoms with Gasteiger partial charge in [0.25, 0.3) is 0 Å². The first kappa shape index (κ1) is 25.2. The SMILES string of the molecule is CN=C(NCc1ccc(N2CCCCCC2)nc1)NCC1(CCOC)CCCC1.I. The molecule has 170 valence electrons. The molecule has 2 heterocycles. The maximum atomic E-state index is 5.34. The summed E-state index contributed by atoms with van der Waals surface area (Å²) in [5, 5.41) is 7.00. The fraction of sp³-hybridized carbons (Fsp3) is 0.739. The van der Waals surface area contributed by atoms with Crippen LogP contribution in [0.15, 0.2) is 23.3 Å². The van der Waals surface area contributed by atoms with Crippen LogP contribution < -0.4 is 15.5 Å². The van der Waals surface area contributed by atoms with Crippen LogP contribution in [-0.2, 0) is 11.3 Å². The fourth-order valence-electron chi connectivity index (χ4n) is 4.64. The van der Waals surface area contributed by atoms with Crippen LogP contribution in [0.1, 0.15) is 63.4 Å². The van der Waals surface area contributed by atoms with Crippen LogP contribution in [0.2, 0.25) is 0 Å². The highest BCUT2D eigenvalue weighted by Gasteiger charge is 2.33. The second-order valence-electron chi connectivity index (χ2n) is 8.66. The zero-order valence-corrected chi connectivity index (χ0v) is 21.1. The zero-order chi connectivity index (χ0) is 20.4. The van der Waals surface area contributed by atoms with Gasteiger partial charge < -0.3 is 20.3 Å². The van der Waals surface area contributed by atoms with Gasteiger partial charge in [-0.1, -0.05) is 31.7 Å². The number of guanidine groups is 1. The van der Waals surface area contributed by atoms with E-state index in [1.807, 2.05) is 13.2 Å². The third-order valence-electron chi connectivity index (χ3n) is 6.55. The number of aromatic nitrogens is 1. The quantitative estimate of drug-likeness (QED) is 0.298. The Hall–Kier alpha value is -1.09. The molecule has 0 amide bonds. The van der Waals surface area contributed by atoms with Crippen molar-refractivity contribution in [2.24, 2.45) is 10.4 Å². The second-order valence-corrected chi connectivity index (χ2v) is 8.66. The molecule has 1 aromatic heterocycles. The lowest BCUT2D eigenvalue weighted by Gasteiger charge is -2.30. The summed E-state index contributed by atoms with van der Waals surface area (Å²) in [6.07, 6.45) is 13.6. The van der Waals surface area contributed by atoms with Gasteiger partial charge in [-0.05, 0) is 49.1 Å². The number of halogens is 1. The Bertz CT molecular complexity index is 623. The van der Waals surface area contributed by atoms with Crippen molar-refractivity contribution in [2.75, 3.05) is 45.3 Å². The van der Waals surface area contributed by atoms with E-state index in [4.69, 9.17) is 9.72 Å². The first-order valence-electron chi connectivity index (χ1n) is 11.4. The van der Waals surface area contributed by atoms with E-state index < -0.39 is 0 Å². The molecule has 1 aliphatic carbocycles. The summed E-state index contributed by atoms with van der Waals surface area (Å²) in [4.78, 5) is 11.5. The van der Waals surface area contributed by atoms with Gasteiger partial charge in [0, 0.05) is 53.1 Å². The molecule has 0 bridgehead atoms. The monoisotopic (exact) mass is 529 g/mol. The summed E-state index contributed by atoms with van der Waals surface area (Å²) >= 11 is 0. The average molecular weight is 530 g/mol. The maximum absolute atomic E-state index is 5.34. The molecule has 0 radical (unpaired) electrons. The number of pyridine rings is 1. The smallest absolute Gasteiger partial charge is 0.191 e. The van der Waals surface area contributed by atoms with Gasteiger partial charge in [0.15, 0.2) is 5.96 Å². The predicted octanol–water partition coefficient (Wildman–Crippen LogP) is 4.34. The number of anilines is 1. The number of methoxy groups -OCH3 is 1. The van der Waals surface area contributed by atoms with Crippen molar-refractivity contribution in [2.45, 2.75) is 64.3 Å². The van der Waals surface area contributed by atoms with Crippen LogP contribution in [0, 0.1) is 5.41 Å². The van der Waals surface area contributed by atoms with Gasteiger partial charge in [0.2, 0.25) is 0 Å². The zero-order valence-electron chi connectivity index (χ0n) is 18.8. The summed E-state index contributed by atoms with van der Waals surface area (Å²) in [5.41, 5.74) is 1.53. The van der Waals surface area contributed by atoms with Gasteiger partial charge >= 0.3 is 0 Å². The van der Waals surface area contributed by atoms with Crippen molar-refractivity contribution in [1.29, 1.82) is 0 Å². The van der Waals surface area contributed by atoms with Crippen molar-refractivity contribution in [1.82, 2.24) is 15.6 Å². The molecule has 1 aromatic rings. The van der Waals surface area contributed by atoms with E-state index in [1.165, 1.54) is 56.9 Å². The first-order valence-corrected chi connectivity index (χ1v) is 11.4. The molecule has 3 rings (SSSR count). The molecule has 2 N–H and O–H groups in total. The highest BCUT2D eigenvalue weighted by atomic mass is 127. The summed E-state index contributed by atoms with van der Waals surface area (Å²) in [7, 11) is 3.63. The second kappa shape index (κ2) is 13.3. The lowest BCUT2D eigenvalue weighted by molar-refractivity contribution is 0.138. The van der Waals surface area contributed by atoms with Crippen LogP contribution in [0.4, 0.5) is 5.82 Å². The minimum absolute atomic E-state index is 0. The van der Waals surface area contributed by atoms with Crippen molar-refractivity contribution in [3.8, 4) is 0 Å². The molecule has 2 aliphatic rings. The Labute approximate surface area is 199 Å². The summed E-state index contributed by atoms with van der Waals surface area (Å²) in [6, 6.07) is 4.35. The minimum Gasteiger partial charge on any atom is -0.385 e. The molecule has 0 aromatic carbocycles. The normalized spacial score (nSPS) is 19.1. The van der Waals surface area contributed by atoms with Crippen LogP contribution in [0.3, 0.4) is 0 Å². The number of rotatable bonds is 8. The lowest BCUT2D eigenvalue weighted by atomic mass is 9.83. The molecule has 7 heteroatoms. The number of ether oxygens (including phenoxy) is 1. The van der Waals surface area contributed by atoms with E-state index >= 15 is 0 Å². The van der Waals surface area contributed by atoms with E-state index in [0.29, 0.717) is 5.41 Å². The Morgan fingerprint density at radius 3 is 2.43 bits per heavy atom. The van der Waals surface area contributed by atoms with Gasteiger partial charge in [0.05, 0.1) is 0 Å². The van der Waals surface area contributed by atoms with Gasteiger partial charge in [-0.25, -0.2) is 4.98 Å². The molecular weight excluding hydrogens is 489 g/mol. The third kappa shape index (κ3) is 7.55. The summed E-state index contributed by atoms with van der Waals surface area (Å²) in [5.74, 6) is 1.98. The Morgan fingerprint density at radius 2 is 1.83 bits per heavy atom. The maximum Gasteiger partial charge on any atom is 0.191 e. The Kier molecular flexibility index (Phi) is 11.2. The van der Waals surface area contributed by atoms with E-state index in [0.717, 1.165) is 51.0 Å². The number of aliphatic imine (C=N–C) groups is 1. The largest absolute Gasteiger partial charge is 0.385 e. The molecule has 1 saturated heterocycles. The lowest BCUT2D eigenvalue weighted by Crippen LogP contribution is -2.43. The van der Waals surface area contributed by atoms with Crippen molar-refractivity contribution >= 4 is 35.8 Å². The Balaban J connectivity index is 0.00000320. The predicted molar refractivity (Wildman–Crippen MR) is 136 cm³/mol. The molecule has 0 atom stereocenters. The van der Waals surface area contributed by atoms with Gasteiger partial charge in [0.1, 0.15) is 5.82 Å². The van der Waals surface area contributed by atoms with Gasteiger partial charge in [-0.2, -0.15) is 0 Å². The van der Waals surface area contributed by atoms with Crippen molar-refractivity contribution in [3.63, 3.8) is 0 Å². The number of nitrogens with one attached hydrogen (secondary N) is 2. The highest BCUT2D eigenvalue weighted by molar-refractivity contribution is 14.0. The van der Waals surface area contributed by atoms with Crippen LogP contribution in [0.5, 0.6) is 0 Å². The van der Waals surface area contributed by atoms with Crippen molar-refractivity contribution in [3.05, 3.63) is 23.9 Å². The minimum atomic E-state index is 0. The molecule has 0 unspecified atom stereocenters. The fourth-order valence-corrected chi connectivity index (χ4v) is 4.64. The van der Waals surface area contributed by atoms with Crippen LogP contribution in [-0.4, -0.2) is 51.3 Å². The molecule has 6 nitrogen and oxygen atoms in total. The molecule has 0 spiro atoms. The Morgan fingerprint density at radius 1 is 1.10 bits per heavy atom. The molecule has 1 aliphatic heterocycles. The number of nitrogens with zero attached hydrogens (tertiary/aromatic N) is 3. The summed E-state index contributed by atoms with van der Waals surface area (Å²) < 4.78 is 5.34. The molecule has 1 saturated carbocycles. The number of hydrogen-bond donors (Lipinski definition) is 2.